The highest BCUT2D eigenvalue weighted by molar-refractivity contribution is 6.12. The average Bonchev–Trinajstić information content (AvgIpc) is 2.91. The Morgan fingerprint density at radius 2 is 1.83 bits per heavy atom. The molecule has 0 amide bonds. The van der Waals surface area contributed by atoms with Gasteiger partial charge in [0.05, 0.1) is 7.11 Å². The van der Waals surface area contributed by atoms with E-state index in [-0.39, 0.29) is 0 Å². The summed E-state index contributed by atoms with van der Waals surface area (Å²) < 4.78 is 10.4. The van der Waals surface area contributed by atoms with Crippen molar-refractivity contribution in [2.45, 2.75) is 13.8 Å². The highest BCUT2D eigenvalue weighted by Crippen LogP contribution is 2.22. The van der Waals surface area contributed by atoms with E-state index in [4.69, 9.17) is 9.47 Å². The van der Waals surface area contributed by atoms with Gasteiger partial charge in [-0.3, -0.25) is 0 Å². The summed E-state index contributed by atoms with van der Waals surface area (Å²) in [6.07, 6.45) is 1.76. The second-order valence-electron chi connectivity index (χ2n) is 5.42. The SMILES string of the molecule is COc1ccc(C2=N/C(=C\c3ccc(C)cc3C)C(=O)O2)cc1. The minimum absolute atomic E-state index is 0.308. The average molecular weight is 307 g/mol. The van der Waals surface area contributed by atoms with Crippen LogP contribution in [0.4, 0.5) is 0 Å². The molecule has 4 nitrogen and oxygen atoms in total. The van der Waals surface area contributed by atoms with Crippen molar-refractivity contribution in [3.8, 4) is 5.75 Å². The molecule has 1 heterocycles. The molecule has 23 heavy (non-hydrogen) atoms. The first-order valence-electron chi connectivity index (χ1n) is 7.31. The van der Waals surface area contributed by atoms with Crippen molar-refractivity contribution >= 4 is 17.9 Å². The number of ether oxygens (including phenoxy) is 2. The number of nitrogens with zero attached hydrogens (tertiary/aromatic N) is 1. The largest absolute Gasteiger partial charge is 0.497 e. The molecule has 0 aliphatic carbocycles. The molecule has 0 saturated heterocycles. The molecular formula is C19H17NO3. The van der Waals surface area contributed by atoms with E-state index in [1.165, 1.54) is 5.56 Å². The molecular weight excluding hydrogens is 290 g/mol. The Kier molecular flexibility index (Phi) is 3.98. The summed E-state index contributed by atoms with van der Waals surface area (Å²) >= 11 is 0. The molecule has 1 aliphatic heterocycles. The molecule has 0 bridgehead atoms. The van der Waals surface area contributed by atoms with Crippen LogP contribution in [0.2, 0.25) is 0 Å². The van der Waals surface area contributed by atoms with Crippen molar-refractivity contribution in [2.24, 2.45) is 4.99 Å². The van der Waals surface area contributed by atoms with Gasteiger partial charge in [0, 0.05) is 5.56 Å². The third-order valence-corrected chi connectivity index (χ3v) is 3.67. The predicted molar refractivity (Wildman–Crippen MR) is 89.5 cm³/mol. The summed E-state index contributed by atoms with van der Waals surface area (Å²) in [6.45, 7) is 4.04. The van der Waals surface area contributed by atoms with E-state index in [0.29, 0.717) is 11.6 Å². The monoisotopic (exact) mass is 307 g/mol. The van der Waals surface area contributed by atoms with Gasteiger partial charge in [0.1, 0.15) is 5.75 Å². The molecule has 2 aromatic carbocycles. The zero-order valence-corrected chi connectivity index (χ0v) is 13.3. The van der Waals surface area contributed by atoms with E-state index in [1.807, 2.05) is 38.1 Å². The summed E-state index contributed by atoms with van der Waals surface area (Å²) in [5.74, 6) is 0.620. The normalized spacial score (nSPS) is 15.5. The number of hydrogen-bond acceptors (Lipinski definition) is 4. The zero-order chi connectivity index (χ0) is 16.4. The fraction of sp³-hybridized carbons (Fsp3) is 0.158. The Morgan fingerprint density at radius 1 is 1.09 bits per heavy atom. The molecule has 0 fully saturated rings. The molecule has 116 valence electrons. The van der Waals surface area contributed by atoms with Crippen LogP contribution in [0.1, 0.15) is 22.3 Å². The fourth-order valence-electron chi connectivity index (χ4n) is 2.40. The van der Waals surface area contributed by atoms with Crippen molar-refractivity contribution in [3.63, 3.8) is 0 Å². The standard InChI is InChI=1S/C19H17NO3/c1-12-4-5-15(13(2)10-12)11-17-19(21)23-18(20-17)14-6-8-16(22-3)9-7-14/h4-11H,1-3H3/b17-11-. The van der Waals surface area contributed by atoms with Gasteiger partial charge in [0.2, 0.25) is 5.90 Å². The van der Waals surface area contributed by atoms with E-state index < -0.39 is 5.97 Å². The van der Waals surface area contributed by atoms with Gasteiger partial charge in [-0.25, -0.2) is 9.79 Å². The van der Waals surface area contributed by atoms with Crippen LogP contribution < -0.4 is 4.74 Å². The topological polar surface area (TPSA) is 47.9 Å². The summed E-state index contributed by atoms with van der Waals surface area (Å²) in [5, 5.41) is 0. The minimum atomic E-state index is -0.434. The summed E-state index contributed by atoms with van der Waals surface area (Å²) in [5.41, 5.74) is 4.28. The van der Waals surface area contributed by atoms with Gasteiger partial charge in [-0.15, -0.1) is 0 Å². The van der Waals surface area contributed by atoms with E-state index in [0.717, 1.165) is 22.4 Å². The van der Waals surface area contributed by atoms with E-state index in [9.17, 15) is 4.79 Å². The highest BCUT2D eigenvalue weighted by Gasteiger charge is 2.24. The number of esters is 1. The van der Waals surface area contributed by atoms with Crippen molar-refractivity contribution < 1.29 is 14.3 Å². The molecule has 4 heteroatoms. The van der Waals surface area contributed by atoms with E-state index in [2.05, 4.69) is 11.1 Å². The maximum atomic E-state index is 12.0. The van der Waals surface area contributed by atoms with Gasteiger partial charge in [-0.2, -0.15) is 0 Å². The lowest BCUT2D eigenvalue weighted by atomic mass is 10.0. The third kappa shape index (κ3) is 3.16. The molecule has 0 atom stereocenters. The van der Waals surface area contributed by atoms with E-state index in [1.54, 1.807) is 25.3 Å². The maximum absolute atomic E-state index is 12.0. The first kappa shape index (κ1) is 15.0. The molecule has 1 aliphatic rings. The molecule has 0 saturated carbocycles. The second-order valence-corrected chi connectivity index (χ2v) is 5.42. The van der Waals surface area contributed by atoms with Gasteiger partial charge >= 0.3 is 5.97 Å². The maximum Gasteiger partial charge on any atom is 0.363 e. The zero-order valence-electron chi connectivity index (χ0n) is 13.3. The lowest BCUT2D eigenvalue weighted by molar-refractivity contribution is -0.129. The van der Waals surface area contributed by atoms with Crippen molar-refractivity contribution in [2.75, 3.05) is 7.11 Å². The fourth-order valence-corrected chi connectivity index (χ4v) is 2.40. The molecule has 0 aromatic heterocycles. The highest BCUT2D eigenvalue weighted by atomic mass is 16.6. The Labute approximate surface area is 135 Å². The lowest BCUT2D eigenvalue weighted by Gasteiger charge is -2.01. The Balaban J connectivity index is 1.92. The predicted octanol–water partition coefficient (Wildman–Crippen LogP) is 3.66. The number of carbonyl (C=O) groups excluding carboxylic acids is 1. The smallest absolute Gasteiger partial charge is 0.363 e. The van der Waals surface area contributed by atoms with Crippen LogP contribution in [0, 0.1) is 13.8 Å². The lowest BCUT2D eigenvalue weighted by Crippen LogP contribution is -2.05. The van der Waals surface area contributed by atoms with Crippen LogP contribution in [-0.2, 0) is 9.53 Å². The van der Waals surface area contributed by atoms with Crippen LogP contribution in [-0.4, -0.2) is 19.0 Å². The third-order valence-electron chi connectivity index (χ3n) is 3.67. The number of carbonyl (C=O) groups is 1. The number of cyclic esters (lactones) is 1. The van der Waals surface area contributed by atoms with Crippen LogP contribution >= 0.6 is 0 Å². The first-order chi connectivity index (χ1) is 11.1. The first-order valence-corrected chi connectivity index (χ1v) is 7.31. The summed E-state index contributed by atoms with van der Waals surface area (Å²) in [6, 6.07) is 13.3. The molecule has 0 spiro atoms. The number of benzene rings is 2. The number of hydrogen-bond donors (Lipinski definition) is 0. The summed E-state index contributed by atoms with van der Waals surface area (Å²) in [4.78, 5) is 16.4. The van der Waals surface area contributed by atoms with Crippen molar-refractivity contribution in [1.82, 2.24) is 0 Å². The molecule has 2 aromatic rings. The van der Waals surface area contributed by atoms with E-state index >= 15 is 0 Å². The number of rotatable bonds is 3. The Hall–Kier alpha value is -2.88. The van der Waals surface area contributed by atoms with Crippen molar-refractivity contribution in [1.29, 1.82) is 0 Å². The van der Waals surface area contributed by atoms with Crippen molar-refractivity contribution in [3.05, 3.63) is 70.4 Å². The Bertz CT molecular complexity index is 817. The quantitative estimate of drug-likeness (QED) is 0.642. The summed E-state index contributed by atoms with van der Waals surface area (Å²) in [7, 11) is 1.60. The van der Waals surface area contributed by atoms with Gasteiger partial charge in [0.15, 0.2) is 5.70 Å². The van der Waals surface area contributed by atoms with Gasteiger partial charge in [-0.05, 0) is 55.3 Å². The van der Waals surface area contributed by atoms with Gasteiger partial charge in [0.25, 0.3) is 0 Å². The molecule has 3 rings (SSSR count). The van der Waals surface area contributed by atoms with Gasteiger partial charge in [-0.1, -0.05) is 23.8 Å². The van der Waals surface area contributed by atoms with Gasteiger partial charge < -0.3 is 9.47 Å². The van der Waals surface area contributed by atoms with Crippen LogP contribution in [0.15, 0.2) is 53.2 Å². The molecule has 0 unspecified atom stereocenters. The number of methoxy groups -OCH3 is 1. The minimum Gasteiger partial charge on any atom is -0.497 e. The molecule has 0 N–H and O–H groups in total. The number of aliphatic imine (C=N–C) groups is 1. The second kappa shape index (κ2) is 6.08. The number of aryl methyl sites for hydroxylation is 2. The molecule has 0 radical (unpaired) electrons. The van der Waals surface area contributed by atoms with Crippen LogP contribution in [0.5, 0.6) is 5.75 Å². The van der Waals surface area contributed by atoms with Crippen LogP contribution in [0.25, 0.3) is 6.08 Å². The van der Waals surface area contributed by atoms with Crippen LogP contribution in [0.3, 0.4) is 0 Å². The Morgan fingerprint density at radius 3 is 2.48 bits per heavy atom.